The van der Waals surface area contributed by atoms with Crippen molar-refractivity contribution in [2.24, 2.45) is 5.73 Å². The molecule has 2 N–H and O–H groups in total. The molecule has 0 atom stereocenters. The summed E-state index contributed by atoms with van der Waals surface area (Å²) in [7, 11) is 0. The lowest BCUT2D eigenvalue weighted by Crippen LogP contribution is -2.43. The minimum Gasteiger partial charge on any atom is -0.364 e. The first-order chi connectivity index (χ1) is 15.3. The number of amides is 3. The molecule has 3 aromatic rings. The fraction of sp³-hybridized carbons (Fsp3) is 0.182. The first-order valence-corrected chi connectivity index (χ1v) is 9.94. The summed E-state index contributed by atoms with van der Waals surface area (Å²) in [6.45, 7) is 0.917. The number of β-lactam (4-membered cyclic amide) rings is 1. The van der Waals surface area contributed by atoms with Gasteiger partial charge in [0, 0.05) is 42.5 Å². The molecule has 1 saturated heterocycles. The van der Waals surface area contributed by atoms with Gasteiger partial charge >= 0.3 is 0 Å². The van der Waals surface area contributed by atoms with E-state index in [-0.39, 0.29) is 35.9 Å². The molecular formula is C22H17F2N5O3. The van der Waals surface area contributed by atoms with Gasteiger partial charge in [-0.15, -0.1) is 0 Å². The summed E-state index contributed by atoms with van der Waals surface area (Å²) in [6, 6.07) is 9.70. The Labute approximate surface area is 180 Å². The summed E-state index contributed by atoms with van der Waals surface area (Å²) in [4.78, 5) is 40.1. The Kier molecular flexibility index (Phi) is 4.50. The largest absolute Gasteiger partial charge is 0.364 e. The number of halogens is 2. The van der Waals surface area contributed by atoms with Crippen LogP contribution in [-0.2, 0) is 11.2 Å². The van der Waals surface area contributed by atoms with E-state index < -0.39 is 23.4 Å². The van der Waals surface area contributed by atoms with Crippen LogP contribution in [0, 0.1) is 11.6 Å². The molecular weight excluding hydrogens is 420 g/mol. The average molecular weight is 437 g/mol. The van der Waals surface area contributed by atoms with Gasteiger partial charge in [0.2, 0.25) is 5.91 Å². The van der Waals surface area contributed by atoms with Crippen LogP contribution in [0.2, 0.25) is 0 Å². The van der Waals surface area contributed by atoms with E-state index in [0.29, 0.717) is 30.3 Å². The SMILES string of the molecule is NC(=O)c1nn(-c2cc(F)cc(F)c2)c2c1CCN(c1ccc(N3CCC3=O)cc1)C2=O. The number of hydrogen-bond acceptors (Lipinski definition) is 4. The second-order valence-corrected chi connectivity index (χ2v) is 7.60. The highest BCUT2D eigenvalue weighted by atomic mass is 19.1. The van der Waals surface area contributed by atoms with Crippen molar-refractivity contribution in [2.75, 3.05) is 22.9 Å². The van der Waals surface area contributed by atoms with Gasteiger partial charge < -0.3 is 15.5 Å². The molecule has 0 aliphatic carbocycles. The van der Waals surface area contributed by atoms with Crippen molar-refractivity contribution in [3.8, 4) is 5.69 Å². The van der Waals surface area contributed by atoms with E-state index in [1.807, 2.05) is 0 Å². The predicted octanol–water partition coefficient (Wildman–Crippen LogP) is 2.19. The molecule has 0 saturated carbocycles. The van der Waals surface area contributed by atoms with Crippen LogP contribution in [0.5, 0.6) is 0 Å². The molecule has 162 valence electrons. The summed E-state index contributed by atoms with van der Waals surface area (Å²) < 4.78 is 28.7. The Morgan fingerprint density at radius 2 is 1.47 bits per heavy atom. The molecule has 3 heterocycles. The number of nitrogens with zero attached hydrogens (tertiary/aromatic N) is 4. The molecule has 2 aliphatic rings. The second-order valence-electron chi connectivity index (χ2n) is 7.60. The number of aromatic nitrogens is 2. The molecule has 2 aliphatic heterocycles. The number of primary amides is 1. The number of anilines is 2. The highest BCUT2D eigenvalue weighted by Gasteiger charge is 2.35. The van der Waals surface area contributed by atoms with Crippen molar-refractivity contribution in [2.45, 2.75) is 12.8 Å². The van der Waals surface area contributed by atoms with Crippen LogP contribution in [0.15, 0.2) is 42.5 Å². The first-order valence-electron chi connectivity index (χ1n) is 9.94. The lowest BCUT2D eigenvalue weighted by Gasteiger charge is -2.32. The highest BCUT2D eigenvalue weighted by molar-refractivity contribution is 6.09. The summed E-state index contributed by atoms with van der Waals surface area (Å²) >= 11 is 0. The Balaban J connectivity index is 1.55. The lowest BCUT2D eigenvalue weighted by atomic mass is 10.0. The minimum atomic E-state index is -0.846. The van der Waals surface area contributed by atoms with Crippen molar-refractivity contribution >= 4 is 29.1 Å². The topological polar surface area (TPSA) is 102 Å². The third kappa shape index (κ3) is 3.11. The van der Waals surface area contributed by atoms with Crippen molar-refractivity contribution in [3.63, 3.8) is 0 Å². The summed E-state index contributed by atoms with van der Waals surface area (Å²) in [5.41, 5.74) is 6.98. The smallest absolute Gasteiger partial charge is 0.277 e. The van der Waals surface area contributed by atoms with Crippen LogP contribution in [0.25, 0.3) is 5.69 Å². The van der Waals surface area contributed by atoms with Gasteiger partial charge in [0.15, 0.2) is 5.69 Å². The van der Waals surface area contributed by atoms with E-state index in [2.05, 4.69) is 5.10 Å². The molecule has 32 heavy (non-hydrogen) atoms. The molecule has 0 unspecified atom stereocenters. The van der Waals surface area contributed by atoms with Crippen LogP contribution in [-0.4, -0.2) is 40.6 Å². The Morgan fingerprint density at radius 3 is 2.00 bits per heavy atom. The van der Waals surface area contributed by atoms with Gasteiger partial charge in [-0.05, 0) is 42.8 Å². The number of nitrogens with two attached hydrogens (primary N) is 1. The quantitative estimate of drug-likeness (QED) is 0.632. The fourth-order valence-corrected chi connectivity index (χ4v) is 4.05. The predicted molar refractivity (Wildman–Crippen MR) is 111 cm³/mol. The van der Waals surface area contributed by atoms with E-state index in [0.717, 1.165) is 22.5 Å². The van der Waals surface area contributed by atoms with Gasteiger partial charge in [-0.1, -0.05) is 0 Å². The van der Waals surface area contributed by atoms with Crippen molar-refractivity contribution < 1.29 is 23.2 Å². The molecule has 8 nitrogen and oxygen atoms in total. The van der Waals surface area contributed by atoms with Crippen LogP contribution >= 0.6 is 0 Å². The standard InChI is InChI=1S/C22H17F2N5O3/c23-12-9-13(24)11-16(10-12)29-20-17(19(26-29)21(25)31)5-7-28(22(20)32)15-3-1-14(2-4-15)27-8-6-18(27)30/h1-4,9-11H,5-8H2,(H2,25,31). The van der Waals surface area contributed by atoms with Crippen LogP contribution in [0.4, 0.5) is 20.2 Å². The third-order valence-corrected chi connectivity index (χ3v) is 5.67. The molecule has 10 heteroatoms. The monoisotopic (exact) mass is 437 g/mol. The van der Waals surface area contributed by atoms with Gasteiger partial charge in [-0.2, -0.15) is 5.10 Å². The molecule has 1 aromatic heterocycles. The third-order valence-electron chi connectivity index (χ3n) is 5.67. The number of benzene rings is 2. The molecule has 1 fully saturated rings. The highest BCUT2D eigenvalue weighted by Crippen LogP contribution is 2.31. The zero-order valence-corrected chi connectivity index (χ0v) is 16.7. The summed E-state index contributed by atoms with van der Waals surface area (Å²) in [6.07, 6.45) is 0.797. The van der Waals surface area contributed by atoms with Gasteiger partial charge in [0.05, 0.1) is 5.69 Å². The maximum atomic E-state index is 13.8. The molecule has 0 radical (unpaired) electrons. The van der Waals surface area contributed by atoms with Gasteiger partial charge in [-0.25, -0.2) is 13.5 Å². The number of fused-ring (bicyclic) bond motifs is 1. The normalized spacial score (nSPS) is 15.6. The second kappa shape index (κ2) is 7.26. The average Bonchev–Trinajstić information content (AvgIpc) is 3.14. The van der Waals surface area contributed by atoms with E-state index in [1.54, 1.807) is 29.2 Å². The molecule has 0 bridgehead atoms. The summed E-state index contributed by atoms with van der Waals surface area (Å²) in [5, 5.41) is 4.10. The molecule has 3 amide bonds. The maximum Gasteiger partial charge on any atom is 0.277 e. The Bertz CT molecular complexity index is 1270. The Morgan fingerprint density at radius 1 is 0.875 bits per heavy atom. The summed E-state index contributed by atoms with van der Waals surface area (Å²) in [5.74, 6) is -2.96. The fourth-order valence-electron chi connectivity index (χ4n) is 4.05. The van der Waals surface area contributed by atoms with Crippen molar-refractivity contribution in [1.82, 2.24) is 9.78 Å². The van der Waals surface area contributed by atoms with E-state index in [1.165, 1.54) is 4.90 Å². The lowest BCUT2D eigenvalue weighted by molar-refractivity contribution is -0.122. The van der Waals surface area contributed by atoms with Gasteiger partial charge in [0.25, 0.3) is 11.8 Å². The van der Waals surface area contributed by atoms with Crippen LogP contribution in [0.3, 0.4) is 0 Å². The Hall–Kier alpha value is -4.08. The minimum absolute atomic E-state index is 0.0250. The van der Waals surface area contributed by atoms with E-state index >= 15 is 0 Å². The number of hydrogen-bond donors (Lipinski definition) is 1. The zero-order valence-electron chi connectivity index (χ0n) is 16.7. The van der Waals surface area contributed by atoms with Crippen molar-refractivity contribution in [1.29, 1.82) is 0 Å². The zero-order chi connectivity index (χ0) is 22.6. The maximum absolute atomic E-state index is 13.8. The first kappa shape index (κ1) is 19.9. The van der Waals surface area contributed by atoms with Gasteiger partial charge in [-0.3, -0.25) is 14.4 Å². The number of carbonyl (C=O) groups excluding carboxylic acids is 3. The van der Waals surface area contributed by atoms with Crippen LogP contribution < -0.4 is 15.5 Å². The number of carbonyl (C=O) groups is 3. The van der Waals surface area contributed by atoms with Gasteiger partial charge in [0.1, 0.15) is 17.3 Å². The van der Waals surface area contributed by atoms with E-state index in [4.69, 9.17) is 5.73 Å². The number of rotatable bonds is 4. The molecule has 0 spiro atoms. The van der Waals surface area contributed by atoms with Crippen molar-refractivity contribution in [3.05, 3.63) is 71.1 Å². The molecule has 5 rings (SSSR count). The molecule has 2 aromatic carbocycles. The van der Waals surface area contributed by atoms with Crippen LogP contribution in [0.1, 0.15) is 33.0 Å². The van der Waals surface area contributed by atoms with E-state index in [9.17, 15) is 23.2 Å².